The van der Waals surface area contributed by atoms with Crippen LogP contribution in [0, 0.1) is 0 Å². The molecule has 162 valence electrons. The number of carbonyl (C=O) groups is 1. The van der Waals surface area contributed by atoms with Gasteiger partial charge in [-0.15, -0.1) is 11.3 Å². The molecule has 2 aliphatic rings. The molecule has 3 heterocycles. The van der Waals surface area contributed by atoms with Gasteiger partial charge in [0.2, 0.25) is 5.91 Å². The zero-order valence-electron chi connectivity index (χ0n) is 17.9. The number of fused-ring (bicyclic) bond motifs is 1. The number of nitrogens with zero attached hydrogens (tertiary/aromatic N) is 3. The molecule has 1 amide bonds. The highest BCUT2D eigenvalue weighted by atomic mass is 32.1. The van der Waals surface area contributed by atoms with Gasteiger partial charge >= 0.3 is 0 Å². The fourth-order valence-electron chi connectivity index (χ4n) is 4.88. The van der Waals surface area contributed by atoms with Crippen LogP contribution in [0.5, 0.6) is 0 Å². The number of carbonyl (C=O) groups excluding carboxylic acids is 1. The van der Waals surface area contributed by atoms with Crippen molar-refractivity contribution in [1.29, 1.82) is 0 Å². The maximum absolute atomic E-state index is 12.7. The summed E-state index contributed by atoms with van der Waals surface area (Å²) < 4.78 is 1.26. The van der Waals surface area contributed by atoms with E-state index in [9.17, 15) is 4.79 Å². The van der Waals surface area contributed by atoms with Crippen LogP contribution in [0.25, 0.3) is 10.2 Å². The zero-order chi connectivity index (χ0) is 21.0. The van der Waals surface area contributed by atoms with Gasteiger partial charge in [0.25, 0.3) is 0 Å². The summed E-state index contributed by atoms with van der Waals surface area (Å²) in [5, 5.41) is 4.50. The van der Waals surface area contributed by atoms with E-state index in [1.165, 1.54) is 15.3 Å². The van der Waals surface area contributed by atoms with Gasteiger partial charge in [0.1, 0.15) is 0 Å². The van der Waals surface area contributed by atoms with Crippen LogP contribution in [0.4, 0.5) is 0 Å². The number of nitrogens with one attached hydrogen (secondary N) is 1. The molecule has 0 aliphatic carbocycles. The van der Waals surface area contributed by atoms with Gasteiger partial charge in [0.05, 0.1) is 21.8 Å². The molecular formula is C25H30N4OS. The Hall–Kier alpha value is -2.28. The van der Waals surface area contributed by atoms with E-state index < -0.39 is 0 Å². The first kappa shape index (κ1) is 20.6. The van der Waals surface area contributed by atoms with Crippen LogP contribution < -0.4 is 5.32 Å². The van der Waals surface area contributed by atoms with E-state index in [4.69, 9.17) is 4.98 Å². The number of hydrogen-bond donors (Lipinski definition) is 1. The lowest BCUT2D eigenvalue weighted by Crippen LogP contribution is -2.45. The summed E-state index contributed by atoms with van der Waals surface area (Å²) in [6.45, 7) is 5.37. The molecule has 5 rings (SSSR count). The fourth-order valence-corrected chi connectivity index (χ4v) is 5.97. The van der Waals surface area contributed by atoms with Crippen molar-refractivity contribution in [2.75, 3.05) is 32.7 Å². The average Bonchev–Trinajstić information content (AvgIpc) is 3.41. The number of para-hydroxylation sites is 1. The van der Waals surface area contributed by atoms with Gasteiger partial charge < -0.3 is 5.32 Å². The molecular weight excluding hydrogens is 404 g/mol. The molecule has 31 heavy (non-hydrogen) atoms. The van der Waals surface area contributed by atoms with Crippen LogP contribution in [0.1, 0.15) is 35.8 Å². The molecule has 2 atom stereocenters. The summed E-state index contributed by atoms with van der Waals surface area (Å²) in [5.74, 6) is 0.600. The van der Waals surface area contributed by atoms with Gasteiger partial charge in [-0.2, -0.15) is 0 Å². The Morgan fingerprint density at radius 2 is 1.84 bits per heavy atom. The summed E-state index contributed by atoms with van der Waals surface area (Å²) in [6.07, 6.45) is 3.32. The highest BCUT2D eigenvalue weighted by Crippen LogP contribution is 2.32. The second-order valence-electron chi connectivity index (χ2n) is 8.87. The van der Waals surface area contributed by atoms with E-state index >= 15 is 0 Å². The van der Waals surface area contributed by atoms with Crippen LogP contribution >= 0.6 is 11.3 Å². The second-order valence-corrected chi connectivity index (χ2v) is 9.93. The predicted octanol–water partition coefficient (Wildman–Crippen LogP) is 3.87. The number of amides is 1. The molecule has 1 aromatic heterocycles. The van der Waals surface area contributed by atoms with E-state index in [1.54, 1.807) is 0 Å². The molecule has 0 bridgehead atoms. The monoisotopic (exact) mass is 434 g/mol. The van der Waals surface area contributed by atoms with Gasteiger partial charge in [-0.05, 0) is 43.5 Å². The number of benzene rings is 2. The molecule has 0 radical (unpaired) electrons. The zero-order valence-corrected chi connectivity index (χ0v) is 18.7. The normalized spacial score (nSPS) is 22.7. The topological polar surface area (TPSA) is 48.5 Å². The standard InChI is InChI=1S/C25H30N4OS/c30-24(26-21-12-14-29(17-21)15-19-7-2-1-3-8-19)18-28-13-6-9-20(16-28)25-27-22-10-4-5-11-23(22)31-25/h1-5,7-8,10-11,20-21H,6,9,12-18H2,(H,26,30)/t20-,21+/m0/s1. The third kappa shape index (κ3) is 5.14. The van der Waals surface area contributed by atoms with E-state index in [-0.39, 0.29) is 11.9 Å². The third-order valence-corrected chi connectivity index (χ3v) is 7.62. The first-order valence-corrected chi connectivity index (χ1v) is 12.2. The van der Waals surface area contributed by atoms with Gasteiger partial charge in [0.15, 0.2) is 0 Å². The van der Waals surface area contributed by atoms with Crippen LogP contribution in [0.3, 0.4) is 0 Å². The Morgan fingerprint density at radius 1 is 1.00 bits per heavy atom. The highest BCUT2D eigenvalue weighted by molar-refractivity contribution is 7.18. The highest BCUT2D eigenvalue weighted by Gasteiger charge is 2.27. The fraction of sp³-hybridized carbons (Fsp3) is 0.440. The Balaban J connectivity index is 1.11. The van der Waals surface area contributed by atoms with Crippen LogP contribution in [-0.2, 0) is 11.3 Å². The van der Waals surface area contributed by atoms with Gasteiger partial charge in [-0.3, -0.25) is 14.6 Å². The first-order chi connectivity index (χ1) is 15.2. The Labute approximate surface area is 188 Å². The van der Waals surface area contributed by atoms with Gasteiger partial charge in [0, 0.05) is 38.1 Å². The minimum absolute atomic E-state index is 0.163. The van der Waals surface area contributed by atoms with E-state index in [0.29, 0.717) is 12.5 Å². The van der Waals surface area contributed by atoms with Gasteiger partial charge in [-0.1, -0.05) is 42.5 Å². The average molecular weight is 435 g/mol. The summed E-state index contributed by atoms with van der Waals surface area (Å²) in [6, 6.07) is 19.2. The molecule has 5 nitrogen and oxygen atoms in total. The Kier molecular flexibility index (Phi) is 6.30. The van der Waals surface area contributed by atoms with Gasteiger partial charge in [-0.25, -0.2) is 4.98 Å². The van der Waals surface area contributed by atoms with Crippen molar-refractivity contribution in [3.05, 3.63) is 65.2 Å². The lowest BCUT2D eigenvalue weighted by molar-refractivity contribution is -0.123. The van der Waals surface area contributed by atoms with E-state index in [2.05, 4.69) is 63.6 Å². The van der Waals surface area contributed by atoms with Crippen molar-refractivity contribution >= 4 is 27.5 Å². The van der Waals surface area contributed by atoms with Crippen molar-refractivity contribution in [3.8, 4) is 0 Å². The molecule has 2 aromatic carbocycles. The Morgan fingerprint density at radius 3 is 2.71 bits per heavy atom. The maximum Gasteiger partial charge on any atom is 0.234 e. The SMILES string of the molecule is O=C(CN1CCC[C@H](c2nc3ccccc3s2)C1)N[C@@H]1CCN(Cc2ccccc2)C1. The lowest BCUT2D eigenvalue weighted by Gasteiger charge is -2.31. The number of thiazole rings is 1. The Bertz CT molecular complexity index is 988. The summed E-state index contributed by atoms with van der Waals surface area (Å²) >= 11 is 1.81. The van der Waals surface area contributed by atoms with E-state index in [0.717, 1.165) is 57.5 Å². The molecule has 6 heteroatoms. The van der Waals surface area contributed by atoms with Crippen LogP contribution in [-0.4, -0.2) is 59.5 Å². The third-order valence-electron chi connectivity index (χ3n) is 6.42. The van der Waals surface area contributed by atoms with Crippen molar-refractivity contribution < 1.29 is 4.79 Å². The molecule has 0 spiro atoms. The van der Waals surface area contributed by atoms with Crippen LogP contribution in [0.2, 0.25) is 0 Å². The summed E-state index contributed by atoms with van der Waals surface area (Å²) in [4.78, 5) is 22.3. The largest absolute Gasteiger partial charge is 0.351 e. The molecule has 2 fully saturated rings. The summed E-state index contributed by atoms with van der Waals surface area (Å²) in [5.41, 5.74) is 2.43. The molecule has 0 unspecified atom stereocenters. The quantitative estimate of drug-likeness (QED) is 0.640. The molecule has 2 saturated heterocycles. The number of aromatic nitrogens is 1. The molecule has 2 aliphatic heterocycles. The summed E-state index contributed by atoms with van der Waals surface area (Å²) in [7, 11) is 0. The smallest absolute Gasteiger partial charge is 0.234 e. The van der Waals surface area contributed by atoms with Crippen molar-refractivity contribution in [2.45, 2.75) is 37.8 Å². The number of likely N-dealkylation sites (tertiary alicyclic amines) is 2. The maximum atomic E-state index is 12.7. The van der Waals surface area contributed by atoms with Crippen molar-refractivity contribution in [2.24, 2.45) is 0 Å². The minimum atomic E-state index is 0.163. The molecule has 3 aromatic rings. The van der Waals surface area contributed by atoms with Crippen LogP contribution in [0.15, 0.2) is 54.6 Å². The molecule has 1 N–H and O–H groups in total. The number of rotatable bonds is 6. The van der Waals surface area contributed by atoms with Crippen molar-refractivity contribution in [1.82, 2.24) is 20.1 Å². The molecule has 0 saturated carbocycles. The number of hydrogen-bond acceptors (Lipinski definition) is 5. The minimum Gasteiger partial charge on any atom is -0.351 e. The van der Waals surface area contributed by atoms with Crippen molar-refractivity contribution in [3.63, 3.8) is 0 Å². The number of piperidine rings is 1. The lowest BCUT2D eigenvalue weighted by atomic mass is 9.99. The first-order valence-electron chi connectivity index (χ1n) is 11.4. The van der Waals surface area contributed by atoms with E-state index in [1.807, 2.05) is 17.4 Å². The second kappa shape index (κ2) is 9.47. The predicted molar refractivity (Wildman–Crippen MR) is 126 cm³/mol.